The van der Waals surface area contributed by atoms with E-state index in [1.807, 2.05) is 30.3 Å². The Bertz CT molecular complexity index is 885. The topological polar surface area (TPSA) is 74.8 Å². The van der Waals surface area contributed by atoms with Crippen molar-refractivity contribution in [3.63, 3.8) is 0 Å². The molecule has 3 heterocycles. The van der Waals surface area contributed by atoms with E-state index in [0.29, 0.717) is 24.8 Å². The Morgan fingerprint density at radius 2 is 2.04 bits per heavy atom. The Kier molecular flexibility index (Phi) is 5.28. The van der Waals surface area contributed by atoms with E-state index in [1.165, 1.54) is 0 Å². The van der Waals surface area contributed by atoms with Gasteiger partial charge in [-0.1, -0.05) is 24.3 Å². The first-order valence-electron chi connectivity index (χ1n) is 9.72. The van der Waals surface area contributed by atoms with Gasteiger partial charge in [-0.05, 0) is 18.6 Å². The smallest absolute Gasteiger partial charge is 0.270 e. The highest BCUT2D eigenvalue weighted by Crippen LogP contribution is 2.25. The molecule has 2 fully saturated rings. The lowest BCUT2D eigenvalue weighted by Gasteiger charge is -2.35. The summed E-state index contributed by atoms with van der Waals surface area (Å²) >= 11 is 0. The van der Waals surface area contributed by atoms with Crippen LogP contribution in [0.25, 0.3) is 10.9 Å². The molecule has 0 spiro atoms. The van der Waals surface area contributed by atoms with Gasteiger partial charge in [0.1, 0.15) is 5.69 Å². The number of rotatable bonds is 4. The third-order valence-electron chi connectivity index (χ3n) is 5.56. The van der Waals surface area contributed by atoms with Crippen LogP contribution in [0.5, 0.6) is 0 Å². The van der Waals surface area contributed by atoms with Crippen LogP contribution in [0, 0.1) is 0 Å². The van der Waals surface area contributed by atoms with E-state index in [0.717, 1.165) is 30.4 Å². The van der Waals surface area contributed by atoms with Gasteiger partial charge in [0.2, 0.25) is 5.91 Å². The number of hydrogen-bond acceptors (Lipinski definition) is 5. The molecule has 1 aromatic heterocycles. The van der Waals surface area contributed by atoms with Crippen LogP contribution in [-0.2, 0) is 9.53 Å². The summed E-state index contributed by atoms with van der Waals surface area (Å²) in [6, 6.07) is 11.8. The van der Waals surface area contributed by atoms with E-state index in [1.54, 1.807) is 25.1 Å². The number of nitrogens with zero attached hydrogens (tertiary/aromatic N) is 3. The number of ether oxygens (including phenoxy) is 1. The second-order valence-corrected chi connectivity index (χ2v) is 7.85. The number of aromatic nitrogens is 1. The third-order valence-corrected chi connectivity index (χ3v) is 5.56. The molecule has 1 aromatic carbocycles. The summed E-state index contributed by atoms with van der Waals surface area (Å²) < 4.78 is 5.88. The zero-order chi connectivity index (χ0) is 19.7. The highest BCUT2D eigenvalue weighted by atomic mass is 16.5. The average Bonchev–Trinajstić information content (AvgIpc) is 3.08. The molecule has 2 aromatic rings. The lowest BCUT2D eigenvalue weighted by atomic mass is 10.1. The summed E-state index contributed by atoms with van der Waals surface area (Å²) in [6.45, 7) is 2.11. The number of morpholine rings is 1. The predicted octanol–water partition coefficient (Wildman–Crippen LogP) is 1.28. The van der Waals surface area contributed by atoms with Crippen molar-refractivity contribution >= 4 is 22.7 Å². The maximum absolute atomic E-state index is 12.7. The Hall–Kier alpha value is -2.51. The van der Waals surface area contributed by atoms with Crippen molar-refractivity contribution in [3.05, 3.63) is 42.1 Å². The van der Waals surface area contributed by atoms with E-state index in [2.05, 4.69) is 15.2 Å². The molecule has 28 heavy (non-hydrogen) atoms. The maximum Gasteiger partial charge on any atom is 0.270 e. The Morgan fingerprint density at radius 3 is 2.86 bits per heavy atom. The summed E-state index contributed by atoms with van der Waals surface area (Å²) in [4.78, 5) is 33.0. The second kappa shape index (κ2) is 7.85. The van der Waals surface area contributed by atoms with Crippen LogP contribution in [-0.4, -0.2) is 78.6 Å². The number of carbonyl (C=O) groups is 2. The predicted molar refractivity (Wildman–Crippen MR) is 106 cm³/mol. The minimum Gasteiger partial charge on any atom is -0.375 e. The molecule has 2 aliphatic rings. The van der Waals surface area contributed by atoms with Gasteiger partial charge in [-0.3, -0.25) is 14.5 Å². The highest BCUT2D eigenvalue weighted by molar-refractivity contribution is 5.95. The van der Waals surface area contributed by atoms with E-state index in [9.17, 15) is 9.59 Å². The fraction of sp³-hybridized carbons (Fsp3) is 0.476. The fourth-order valence-electron chi connectivity index (χ4n) is 4.00. The van der Waals surface area contributed by atoms with Gasteiger partial charge in [-0.25, -0.2) is 4.98 Å². The molecule has 0 saturated carbocycles. The molecule has 2 saturated heterocycles. The Balaban J connectivity index is 1.35. The molecule has 0 bridgehead atoms. The molecule has 4 rings (SSSR count). The van der Waals surface area contributed by atoms with Gasteiger partial charge in [-0.2, -0.15) is 0 Å². The quantitative estimate of drug-likeness (QED) is 0.862. The number of hydrogen-bond donors (Lipinski definition) is 1. The van der Waals surface area contributed by atoms with Gasteiger partial charge < -0.3 is 15.0 Å². The first kappa shape index (κ1) is 18.8. The summed E-state index contributed by atoms with van der Waals surface area (Å²) in [7, 11) is 3.52. The largest absolute Gasteiger partial charge is 0.375 e. The van der Waals surface area contributed by atoms with Crippen LogP contribution >= 0.6 is 0 Å². The third kappa shape index (κ3) is 4.00. The van der Waals surface area contributed by atoms with Gasteiger partial charge in [0, 0.05) is 44.7 Å². The van der Waals surface area contributed by atoms with Gasteiger partial charge >= 0.3 is 0 Å². The molecule has 2 amide bonds. The molecule has 2 aliphatic heterocycles. The SMILES string of the molecule is CN(C)C(=O)C[C@H]1CN2C[C@H](NC(=O)c3ccc4ccccc4n3)C[C@H]2CO1. The van der Waals surface area contributed by atoms with Crippen molar-refractivity contribution in [2.75, 3.05) is 33.8 Å². The van der Waals surface area contributed by atoms with Crippen LogP contribution < -0.4 is 5.32 Å². The number of pyridine rings is 1. The van der Waals surface area contributed by atoms with Crippen molar-refractivity contribution in [1.82, 2.24) is 20.1 Å². The van der Waals surface area contributed by atoms with Crippen molar-refractivity contribution in [3.8, 4) is 0 Å². The van der Waals surface area contributed by atoms with E-state index >= 15 is 0 Å². The fourth-order valence-corrected chi connectivity index (χ4v) is 4.00. The Morgan fingerprint density at radius 1 is 1.21 bits per heavy atom. The van der Waals surface area contributed by atoms with E-state index in [-0.39, 0.29) is 24.0 Å². The minimum atomic E-state index is -0.143. The van der Waals surface area contributed by atoms with Gasteiger partial charge in [0.15, 0.2) is 0 Å². The van der Waals surface area contributed by atoms with Crippen molar-refractivity contribution in [1.29, 1.82) is 0 Å². The van der Waals surface area contributed by atoms with Crippen LogP contribution in [0.3, 0.4) is 0 Å². The molecule has 0 radical (unpaired) electrons. The zero-order valence-corrected chi connectivity index (χ0v) is 16.3. The number of carbonyl (C=O) groups excluding carboxylic acids is 2. The Labute approximate surface area is 164 Å². The first-order chi connectivity index (χ1) is 13.5. The monoisotopic (exact) mass is 382 g/mol. The first-order valence-corrected chi connectivity index (χ1v) is 9.72. The highest BCUT2D eigenvalue weighted by Gasteiger charge is 2.38. The molecule has 7 nitrogen and oxygen atoms in total. The molecule has 3 atom stereocenters. The van der Waals surface area contributed by atoms with Gasteiger partial charge in [-0.15, -0.1) is 0 Å². The zero-order valence-electron chi connectivity index (χ0n) is 16.3. The molecule has 7 heteroatoms. The molecular weight excluding hydrogens is 356 g/mol. The second-order valence-electron chi connectivity index (χ2n) is 7.85. The minimum absolute atomic E-state index is 0.0673. The van der Waals surface area contributed by atoms with E-state index < -0.39 is 0 Å². The summed E-state index contributed by atoms with van der Waals surface area (Å²) in [5.74, 6) is -0.0641. The number of benzene rings is 1. The van der Waals surface area contributed by atoms with Crippen molar-refractivity contribution in [2.45, 2.75) is 31.0 Å². The normalized spacial score (nSPS) is 24.7. The van der Waals surface area contributed by atoms with Gasteiger partial charge in [0.25, 0.3) is 5.91 Å². The molecule has 0 unspecified atom stereocenters. The van der Waals surface area contributed by atoms with Crippen LogP contribution in [0.15, 0.2) is 36.4 Å². The number of fused-ring (bicyclic) bond motifs is 2. The van der Waals surface area contributed by atoms with Crippen LogP contribution in [0.1, 0.15) is 23.3 Å². The van der Waals surface area contributed by atoms with Crippen LogP contribution in [0.4, 0.5) is 0 Å². The van der Waals surface area contributed by atoms with Gasteiger partial charge in [0.05, 0.1) is 24.6 Å². The molecule has 1 N–H and O–H groups in total. The average molecular weight is 382 g/mol. The number of amides is 2. The summed E-state index contributed by atoms with van der Waals surface area (Å²) in [5, 5.41) is 4.14. The molecule has 148 valence electrons. The summed E-state index contributed by atoms with van der Waals surface area (Å²) in [6.07, 6.45) is 1.17. The lowest BCUT2D eigenvalue weighted by Crippen LogP contribution is -2.47. The maximum atomic E-state index is 12.7. The van der Waals surface area contributed by atoms with E-state index in [4.69, 9.17) is 4.74 Å². The number of nitrogens with one attached hydrogen (secondary N) is 1. The standard InChI is InChI=1S/C21H26N4O3/c1-24(2)20(26)10-17-12-25-11-15(9-16(25)13-28-17)22-21(27)19-8-7-14-5-3-4-6-18(14)23-19/h3-8,15-17H,9-13H2,1-2H3,(H,22,27)/t15-,16+,17+/m1/s1. The number of para-hydroxylation sites is 1. The van der Waals surface area contributed by atoms with Crippen LogP contribution in [0.2, 0.25) is 0 Å². The lowest BCUT2D eigenvalue weighted by molar-refractivity contribution is -0.134. The molecular formula is C21H26N4O3. The van der Waals surface area contributed by atoms with Crippen molar-refractivity contribution < 1.29 is 14.3 Å². The molecule has 0 aliphatic carbocycles. The summed E-state index contributed by atoms with van der Waals surface area (Å²) in [5.41, 5.74) is 1.26. The van der Waals surface area contributed by atoms with Crippen molar-refractivity contribution in [2.24, 2.45) is 0 Å².